The molecule has 2 aromatic carbocycles. The third-order valence-electron chi connectivity index (χ3n) is 3.90. The van der Waals surface area contributed by atoms with Crippen molar-refractivity contribution in [1.29, 1.82) is 0 Å². The second-order valence-electron chi connectivity index (χ2n) is 6.38. The quantitative estimate of drug-likeness (QED) is 0.179. The lowest BCUT2D eigenvalue weighted by Crippen LogP contribution is -2.17. The van der Waals surface area contributed by atoms with Crippen LogP contribution in [0.3, 0.4) is 0 Å². The van der Waals surface area contributed by atoms with Crippen molar-refractivity contribution in [3.05, 3.63) is 51.5 Å². The SMILES string of the molecule is CCOC(=O)CCOP(C)(=O)c1cc(Oc2ccc(OC(F)(F)F)cc2Cl)ccc1[N+](=O)[O-]. The average molecular weight is 512 g/mol. The van der Waals surface area contributed by atoms with E-state index in [0.29, 0.717) is 0 Å². The summed E-state index contributed by atoms with van der Waals surface area (Å²) in [6.45, 7) is 2.60. The molecule has 0 saturated heterocycles. The Hall–Kier alpha value is -2.82. The molecule has 0 spiro atoms. The van der Waals surface area contributed by atoms with E-state index in [2.05, 4.69) is 4.74 Å². The molecule has 0 saturated carbocycles. The molecule has 0 aliphatic rings. The fraction of sp³-hybridized carbons (Fsp3) is 0.316. The first-order valence-corrected chi connectivity index (χ1v) is 11.7. The van der Waals surface area contributed by atoms with E-state index in [1.54, 1.807) is 6.92 Å². The van der Waals surface area contributed by atoms with Crippen molar-refractivity contribution in [3.63, 3.8) is 0 Å². The van der Waals surface area contributed by atoms with E-state index in [4.69, 9.17) is 25.6 Å². The van der Waals surface area contributed by atoms with Crippen LogP contribution < -0.4 is 14.8 Å². The Morgan fingerprint density at radius 3 is 2.42 bits per heavy atom. The van der Waals surface area contributed by atoms with Crippen LogP contribution in [0.15, 0.2) is 36.4 Å². The number of hydrogen-bond acceptors (Lipinski definition) is 8. The molecular formula is C19H18ClF3NO8P. The maximum absolute atomic E-state index is 13.0. The molecule has 1 unspecified atom stereocenters. The summed E-state index contributed by atoms with van der Waals surface area (Å²) in [6.07, 6.45) is -5.12. The van der Waals surface area contributed by atoms with Gasteiger partial charge in [0.05, 0.1) is 29.6 Å². The Balaban J connectivity index is 2.27. The number of carbonyl (C=O) groups excluding carboxylic acids is 1. The van der Waals surface area contributed by atoms with Gasteiger partial charge in [0.25, 0.3) is 5.69 Å². The largest absolute Gasteiger partial charge is 0.573 e. The zero-order valence-electron chi connectivity index (χ0n) is 17.3. The van der Waals surface area contributed by atoms with Gasteiger partial charge in [-0.25, -0.2) is 0 Å². The van der Waals surface area contributed by atoms with Crippen molar-refractivity contribution in [1.82, 2.24) is 0 Å². The van der Waals surface area contributed by atoms with E-state index in [9.17, 15) is 32.6 Å². The minimum Gasteiger partial charge on any atom is -0.466 e. The molecule has 1 atom stereocenters. The minimum absolute atomic E-state index is 0.0435. The summed E-state index contributed by atoms with van der Waals surface area (Å²) in [5, 5.41) is 10.9. The van der Waals surface area contributed by atoms with Crippen LogP contribution in [0.25, 0.3) is 0 Å². The first-order chi connectivity index (χ1) is 15.3. The predicted molar refractivity (Wildman–Crippen MR) is 112 cm³/mol. The first kappa shape index (κ1) is 26.4. The summed E-state index contributed by atoms with van der Waals surface area (Å²) >= 11 is 5.94. The Kier molecular flexibility index (Phi) is 8.70. The van der Waals surface area contributed by atoms with Gasteiger partial charge < -0.3 is 18.7 Å². The standard InChI is InChI=1S/C19H18ClF3NO8P/c1-3-29-18(25)8-9-30-33(2,28)17-11-12(4-6-15(17)24(26)27)31-16-7-5-13(10-14(16)20)32-19(21,22)23/h4-7,10-11H,3,8-9H2,1-2H3. The Labute approximate surface area is 190 Å². The van der Waals surface area contributed by atoms with Crippen molar-refractivity contribution in [2.75, 3.05) is 19.9 Å². The van der Waals surface area contributed by atoms with Crippen LogP contribution in [-0.2, 0) is 18.6 Å². The van der Waals surface area contributed by atoms with Gasteiger partial charge in [-0.3, -0.25) is 19.5 Å². The van der Waals surface area contributed by atoms with Crippen molar-refractivity contribution >= 4 is 35.9 Å². The van der Waals surface area contributed by atoms with Gasteiger partial charge in [-0.15, -0.1) is 13.2 Å². The summed E-state index contributed by atoms with van der Waals surface area (Å²) < 4.78 is 69.3. The molecule has 0 aliphatic heterocycles. The zero-order valence-corrected chi connectivity index (χ0v) is 18.9. The van der Waals surface area contributed by atoms with Crippen LogP contribution in [0.4, 0.5) is 18.9 Å². The highest BCUT2D eigenvalue weighted by Gasteiger charge is 2.32. The van der Waals surface area contributed by atoms with Crippen LogP contribution >= 0.6 is 19.0 Å². The summed E-state index contributed by atoms with van der Waals surface area (Å²) in [7, 11) is -3.79. The van der Waals surface area contributed by atoms with Crippen LogP contribution in [0, 0.1) is 10.1 Å². The van der Waals surface area contributed by atoms with E-state index in [1.165, 1.54) is 6.07 Å². The molecule has 33 heavy (non-hydrogen) atoms. The highest BCUT2D eigenvalue weighted by atomic mass is 35.5. The fourth-order valence-corrected chi connectivity index (χ4v) is 4.26. The zero-order chi connectivity index (χ0) is 24.8. The molecule has 0 radical (unpaired) electrons. The van der Waals surface area contributed by atoms with Crippen LogP contribution in [0.5, 0.6) is 17.2 Å². The molecule has 0 aliphatic carbocycles. The summed E-state index contributed by atoms with van der Waals surface area (Å²) in [5.74, 6) is -1.29. The van der Waals surface area contributed by atoms with Gasteiger partial charge >= 0.3 is 12.3 Å². The number of rotatable bonds is 10. The molecule has 0 bridgehead atoms. The summed E-state index contributed by atoms with van der Waals surface area (Å²) in [5.41, 5.74) is -0.510. The van der Waals surface area contributed by atoms with E-state index in [-0.39, 0.29) is 41.5 Å². The van der Waals surface area contributed by atoms with Crippen molar-refractivity contribution in [2.24, 2.45) is 0 Å². The third kappa shape index (κ3) is 7.92. The van der Waals surface area contributed by atoms with Crippen LogP contribution in [-0.4, -0.2) is 37.1 Å². The number of nitro groups is 1. The number of ether oxygens (including phenoxy) is 3. The number of nitro benzene ring substituents is 1. The maximum atomic E-state index is 13.0. The molecule has 0 aromatic heterocycles. The lowest BCUT2D eigenvalue weighted by Gasteiger charge is -2.16. The van der Waals surface area contributed by atoms with Gasteiger partial charge in [0.1, 0.15) is 22.6 Å². The molecule has 0 amide bonds. The molecule has 9 nitrogen and oxygen atoms in total. The van der Waals surface area contributed by atoms with Crippen molar-refractivity contribution < 1.29 is 46.2 Å². The van der Waals surface area contributed by atoms with E-state index < -0.39 is 36.1 Å². The molecule has 0 heterocycles. The normalized spacial score (nSPS) is 13.2. The highest BCUT2D eigenvalue weighted by Crippen LogP contribution is 2.45. The Morgan fingerprint density at radius 2 is 1.85 bits per heavy atom. The topological polar surface area (TPSA) is 114 Å². The van der Waals surface area contributed by atoms with Gasteiger partial charge in [0, 0.05) is 24.9 Å². The van der Waals surface area contributed by atoms with Crippen molar-refractivity contribution in [3.8, 4) is 17.2 Å². The minimum atomic E-state index is -4.91. The molecule has 0 N–H and O–H groups in total. The van der Waals surface area contributed by atoms with Crippen LogP contribution in [0.1, 0.15) is 13.3 Å². The number of esters is 1. The highest BCUT2D eigenvalue weighted by molar-refractivity contribution is 7.66. The van der Waals surface area contributed by atoms with E-state index in [1.807, 2.05) is 0 Å². The Morgan fingerprint density at radius 1 is 1.18 bits per heavy atom. The number of nitrogens with zero attached hydrogens (tertiary/aromatic N) is 1. The monoisotopic (exact) mass is 511 g/mol. The van der Waals surface area contributed by atoms with Gasteiger partial charge in [-0.05, 0) is 25.1 Å². The molecule has 180 valence electrons. The number of benzene rings is 2. The average Bonchev–Trinajstić information content (AvgIpc) is 2.68. The van der Waals surface area contributed by atoms with Gasteiger partial charge in [0.15, 0.2) is 0 Å². The maximum Gasteiger partial charge on any atom is 0.573 e. The lowest BCUT2D eigenvalue weighted by molar-refractivity contribution is -0.383. The summed E-state index contributed by atoms with van der Waals surface area (Å²) in [6, 6.07) is 6.26. The number of alkyl halides is 3. The van der Waals surface area contributed by atoms with Crippen molar-refractivity contribution in [2.45, 2.75) is 19.7 Å². The summed E-state index contributed by atoms with van der Waals surface area (Å²) in [4.78, 5) is 22.1. The van der Waals surface area contributed by atoms with E-state index in [0.717, 1.165) is 37.0 Å². The molecular weight excluding hydrogens is 494 g/mol. The molecule has 2 rings (SSSR count). The van der Waals surface area contributed by atoms with E-state index >= 15 is 0 Å². The second kappa shape index (κ2) is 10.9. The third-order valence-corrected chi connectivity index (χ3v) is 6.10. The second-order valence-corrected chi connectivity index (χ2v) is 9.22. The first-order valence-electron chi connectivity index (χ1n) is 9.22. The predicted octanol–water partition coefficient (Wildman–Crippen LogP) is 5.44. The van der Waals surface area contributed by atoms with Gasteiger partial charge in [0.2, 0.25) is 7.37 Å². The van der Waals surface area contributed by atoms with Gasteiger partial charge in [-0.2, -0.15) is 0 Å². The molecule has 2 aromatic rings. The smallest absolute Gasteiger partial charge is 0.466 e. The number of hydrogen-bond donors (Lipinski definition) is 0. The van der Waals surface area contributed by atoms with Crippen LogP contribution in [0.2, 0.25) is 5.02 Å². The van der Waals surface area contributed by atoms with Gasteiger partial charge in [-0.1, -0.05) is 11.6 Å². The molecule has 0 fully saturated rings. The lowest BCUT2D eigenvalue weighted by atomic mass is 10.3. The Bertz CT molecular complexity index is 1080. The molecule has 14 heteroatoms. The number of halogens is 4. The number of carbonyl (C=O) groups is 1. The fourth-order valence-electron chi connectivity index (χ4n) is 2.54.